The molecule has 1 aliphatic carbocycles. The number of fused-ring (bicyclic) bond motifs is 1. The van der Waals surface area contributed by atoms with Crippen molar-refractivity contribution in [3.05, 3.63) is 32.8 Å². The number of ether oxygens (including phenoxy) is 1. The number of esters is 1. The molecule has 8 nitrogen and oxygen atoms in total. The molecule has 10 heteroatoms. The summed E-state index contributed by atoms with van der Waals surface area (Å²) in [5.41, 5.74) is 2.37. The molecule has 0 saturated carbocycles. The molecule has 0 unspecified atom stereocenters. The Kier molecular flexibility index (Phi) is 5.49. The summed E-state index contributed by atoms with van der Waals surface area (Å²) >= 11 is 3.01. The van der Waals surface area contributed by atoms with Gasteiger partial charge in [0.25, 0.3) is 0 Å². The summed E-state index contributed by atoms with van der Waals surface area (Å²) in [6.07, 6.45) is 5.04. The normalized spacial score (nSPS) is 13.6. The monoisotopic (exact) mass is 417 g/mol. The molecule has 0 bridgehead atoms. The molecule has 1 aliphatic rings. The van der Waals surface area contributed by atoms with E-state index in [1.54, 1.807) is 11.3 Å². The summed E-state index contributed by atoms with van der Waals surface area (Å²) in [6, 6.07) is 1.90. The zero-order chi connectivity index (χ0) is 19.5. The lowest BCUT2D eigenvalue weighted by molar-refractivity contribution is -0.117. The van der Waals surface area contributed by atoms with Crippen molar-refractivity contribution in [2.45, 2.75) is 38.6 Å². The van der Waals surface area contributed by atoms with E-state index in [1.807, 2.05) is 16.8 Å². The van der Waals surface area contributed by atoms with Crippen molar-refractivity contribution in [2.24, 2.45) is 0 Å². The number of hydrogen-bond acceptors (Lipinski definition) is 8. The number of methoxy groups -OCH3 is 1. The fourth-order valence-corrected chi connectivity index (χ4v) is 5.19. The molecule has 3 aromatic rings. The molecule has 3 heterocycles. The van der Waals surface area contributed by atoms with Crippen molar-refractivity contribution < 1.29 is 14.3 Å². The second-order valence-electron chi connectivity index (χ2n) is 6.46. The van der Waals surface area contributed by atoms with Gasteiger partial charge in [0.15, 0.2) is 0 Å². The van der Waals surface area contributed by atoms with Gasteiger partial charge in [0.1, 0.15) is 11.5 Å². The number of nitrogens with one attached hydrogen (secondary N) is 1. The Hall–Kier alpha value is -2.59. The van der Waals surface area contributed by atoms with Crippen LogP contribution in [0.25, 0.3) is 11.4 Å². The molecule has 0 fully saturated rings. The Morgan fingerprint density at radius 3 is 2.93 bits per heavy atom. The number of anilines is 1. The molecule has 0 radical (unpaired) electrons. The second-order valence-corrected chi connectivity index (χ2v) is 8.35. The third kappa shape index (κ3) is 3.83. The molecule has 0 aromatic carbocycles. The van der Waals surface area contributed by atoms with Crippen LogP contribution in [-0.2, 0) is 28.9 Å². The standard InChI is InChI=1S/C18H19N5O3S2/c1-26-18(25)15-12-5-3-2-4-6-13(12)28-17(15)19-14(24)9-23-21-16(20-22-23)11-7-8-27-10-11/h7-8,10H,2-6,9H2,1H3,(H,19,24). The zero-order valence-electron chi connectivity index (χ0n) is 15.3. The van der Waals surface area contributed by atoms with Crippen molar-refractivity contribution >= 4 is 39.6 Å². The van der Waals surface area contributed by atoms with Gasteiger partial charge in [0.2, 0.25) is 11.7 Å². The minimum absolute atomic E-state index is 0.0830. The Bertz CT molecular complexity index is 993. The first-order chi connectivity index (χ1) is 13.7. The summed E-state index contributed by atoms with van der Waals surface area (Å²) in [5.74, 6) is -0.240. The van der Waals surface area contributed by atoms with E-state index in [4.69, 9.17) is 4.74 Å². The first-order valence-electron chi connectivity index (χ1n) is 8.99. The smallest absolute Gasteiger partial charge is 0.341 e. The fourth-order valence-electron chi connectivity index (χ4n) is 3.26. The lowest BCUT2D eigenvalue weighted by atomic mass is 10.1. The number of nitrogens with zero attached hydrogens (tertiary/aromatic N) is 4. The Morgan fingerprint density at radius 2 is 2.14 bits per heavy atom. The SMILES string of the molecule is COC(=O)c1c(NC(=O)Cn2nnc(-c3ccsc3)n2)sc2c1CCCCC2. The van der Waals surface area contributed by atoms with Crippen LogP contribution in [0.3, 0.4) is 0 Å². The highest BCUT2D eigenvalue weighted by atomic mass is 32.1. The van der Waals surface area contributed by atoms with Crippen LogP contribution in [0, 0.1) is 0 Å². The van der Waals surface area contributed by atoms with E-state index < -0.39 is 5.97 Å². The van der Waals surface area contributed by atoms with E-state index in [2.05, 4.69) is 20.7 Å². The van der Waals surface area contributed by atoms with Gasteiger partial charge in [-0.2, -0.15) is 16.1 Å². The maximum atomic E-state index is 12.5. The molecule has 146 valence electrons. The van der Waals surface area contributed by atoms with Crippen LogP contribution >= 0.6 is 22.7 Å². The molecule has 28 heavy (non-hydrogen) atoms. The van der Waals surface area contributed by atoms with Crippen LogP contribution in [0.15, 0.2) is 16.8 Å². The number of tetrazole rings is 1. The van der Waals surface area contributed by atoms with Gasteiger partial charge in [-0.25, -0.2) is 4.79 Å². The lowest BCUT2D eigenvalue weighted by Crippen LogP contribution is -2.21. The Labute approximate surface area is 169 Å². The lowest BCUT2D eigenvalue weighted by Gasteiger charge is -2.07. The van der Waals surface area contributed by atoms with Crippen LogP contribution in [0.2, 0.25) is 0 Å². The van der Waals surface area contributed by atoms with Gasteiger partial charge in [-0.1, -0.05) is 6.42 Å². The molecule has 1 amide bonds. The Balaban J connectivity index is 1.52. The molecular formula is C18H19N5O3S2. The average molecular weight is 418 g/mol. The van der Waals surface area contributed by atoms with Crippen LogP contribution in [0.5, 0.6) is 0 Å². The third-order valence-corrected chi connectivity index (χ3v) is 6.47. The second kappa shape index (κ2) is 8.19. The quantitative estimate of drug-likeness (QED) is 0.506. The predicted molar refractivity (Wildman–Crippen MR) is 107 cm³/mol. The van der Waals surface area contributed by atoms with Crippen LogP contribution in [-0.4, -0.2) is 39.2 Å². The Morgan fingerprint density at radius 1 is 1.29 bits per heavy atom. The van der Waals surface area contributed by atoms with E-state index in [1.165, 1.54) is 23.2 Å². The zero-order valence-corrected chi connectivity index (χ0v) is 16.9. The van der Waals surface area contributed by atoms with Crippen molar-refractivity contribution in [3.8, 4) is 11.4 Å². The van der Waals surface area contributed by atoms with Crippen molar-refractivity contribution in [1.82, 2.24) is 20.2 Å². The number of hydrogen-bond donors (Lipinski definition) is 1. The molecular weight excluding hydrogens is 398 g/mol. The number of carbonyl (C=O) groups is 2. The maximum Gasteiger partial charge on any atom is 0.341 e. The molecule has 0 spiro atoms. The molecule has 1 N–H and O–H groups in total. The van der Waals surface area contributed by atoms with Crippen molar-refractivity contribution in [2.75, 3.05) is 12.4 Å². The van der Waals surface area contributed by atoms with E-state index in [0.717, 1.165) is 48.1 Å². The highest BCUT2D eigenvalue weighted by Gasteiger charge is 2.26. The number of aryl methyl sites for hydroxylation is 1. The van der Waals surface area contributed by atoms with Crippen molar-refractivity contribution in [3.63, 3.8) is 0 Å². The minimum atomic E-state index is -0.409. The van der Waals surface area contributed by atoms with Crippen LogP contribution < -0.4 is 5.32 Å². The predicted octanol–water partition coefficient (Wildman–Crippen LogP) is 3.16. The van der Waals surface area contributed by atoms with E-state index in [-0.39, 0.29) is 12.5 Å². The van der Waals surface area contributed by atoms with Gasteiger partial charge in [0.05, 0.1) is 12.7 Å². The molecule has 4 rings (SSSR count). The summed E-state index contributed by atoms with van der Waals surface area (Å²) in [6.45, 7) is -0.0830. The maximum absolute atomic E-state index is 12.5. The summed E-state index contributed by atoms with van der Waals surface area (Å²) in [4.78, 5) is 27.3. The summed E-state index contributed by atoms with van der Waals surface area (Å²) in [7, 11) is 1.36. The number of rotatable bonds is 5. The minimum Gasteiger partial charge on any atom is -0.465 e. The number of thiophene rings is 2. The first kappa shape index (κ1) is 18.8. The van der Waals surface area contributed by atoms with Gasteiger partial charge in [-0.3, -0.25) is 4.79 Å². The third-order valence-electron chi connectivity index (χ3n) is 4.58. The number of aromatic nitrogens is 4. The summed E-state index contributed by atoms with van der Waals surface area (Å²) < 4.78 is 4.96. The van der Waals surface area contributed by atoms with Gasteiger partial charge >= 0.3 is 5.97 Å². The molecule has 0 atom stereocenters. The van der Waals surface area contributed by atoms with Crippen LogP contribution in [0.4, 0.5) is 5.00 Å². The van der Waals surface area contributed by atoms with Gasteiger partial charge < -0.3 is 10.1 Å². The van der Waals surface area contributed by atoms with Crippen molar-refractivity contribution in [1.29, 1.82) is 0 Å². The molecule has 3 aromatic heterocycles. The van der Waals surface area contributed by atoms with Gasteiger partial charge in [-0.05, 0) is 47.9 Å². The fraction of sp³-hybridized carbons (Fsp3) is 0.389. The largest absolute Gasteiger partial charge is 0.465 e. The summed E-state index contributed by atoms with van der Waals surface area (Å²) in [5, 5.41) is 19.4. The number of carbonyl (C=O) groups excluding carboxylic acids is 2. The number of amides is 1. The first-order valence-corrected chi connectivity index (χ1v) is 10.7. The van der Waals surface area contributed by atoms with Crippen LogP contribution in [0.1, 0.15) is 40.1 Å². The molecule has 0 saturated heterocycles. The molecule has 0 aliphatic heterocycles. The van der Waals surface area contributed by atoms with Gasteiger partial charge in [0, 0.05) is 15.8 Å². The highest BCUT2D eigenvalue weighted by molar-refractivity contribution is 7.17. The van der Waals surface area contributed by atoms with E-state index in [0.29, 0.717) is 16.4 Å². The van der Waals surface area contributed by atoms with E-state index in [9.17, 15) is 9.59 Å². The highest BCUT2D eigenvalue weighted by Crippen LogP contribution is 2.37. The average Bonchev–Trinajstić information content (AvgIpc) is 3.39. The topological polar surface area (TPSA) is 99.0 Å². The van der Waals surface area contributed by atoms with E-state index >= 15 is 0 Å². The van der Waals surface area contributed by atoms with Gasteiger partial charge in [-0.15, -0.1) is 21.5 Å².